The number of carbonyl (C=O) groups is 3. The molecule has 3 amide bonds. The van der Waals surface area contributed by atoms with Gasteiger partial charge in [0.05, 0.1) is 0 Å². The smallest absolute Gasteiger partial charge is 0.323 e. The standard InChI is InChI=1S/C12H21N5O3/c1-14-2-8-17(9-3-14)13-11(19)12(20)16-6-4-15(10-18)5-7-16/h10H,2-9H2,1H3,(H,13,19). The molecule has 0 saturated carbocycles. The Bertz CT molecular complexity index is 373. The average molecular weight is 283 g/mol. The third-order valence-electron chi connectivity index (χ3n) is 3.71. The summed E-state index contributed by atoms with van der Waals surface area (Å²) in [5, 5.41) is 1.78. The average Bonchev–Trinajstić information content (AvgIpc) is 2.49. The highest BCUT2D eigenvalue weighted by Crippen LogP contribution is 2.01. The molecule has 112 valence electrons. The molecule has 2 aliphatic rings. The fraction of sp³-hybridized carbons (Fsp3) is 0.750. The molecule has 0 unspecified atom stereocenters. The quantitative estimate of drug-likeness (QED) is 0.450. The zero-order chi connectivity index (χ0) is 14.5. The third kappa shape index (κ3) is 3.67. The topological polar surface area (TPSA) is 76.2 Å². The molecule has 0 aromatic heterocycles. The number of hydrogen-bond donors (Lipinski definition) is 1. The van der Waals surface area contributed by atoms with E-state index < -0.39 is 11.8 Å². The summed E-state index contributed by atoms with van der Waals surface area (Å²) in [6.07, 6.45) is 0.770. The van der Waals surface area contributed by atoms with Crippen LogP contribution in [0.2, 0.25) is 0 Å². The number of likely N-dealkylation sites (N-methyl/N-ethyl adjacent to an activating group) is 1. The minimum Gasteiger partial charge on any atom is -0.342 e. The van der Waals surface area contributed by atoms with Crippen molar-refractivity contribution in [3.63, 3.8) is 0 Å². The van der Waals surface area contributed by atoms with Crippen LogP contribution < -0.4 is 5.43 Å². The lowest BCUT2D eigenvalue weighted by atomic mass is 10.3. The van der Waals surface area contributed by atoms with Crippen LogP contribution in [-0.4, -0.2) is 97.3 Å². The maximum absolute atomic E-state index is 12.0. The molecule has 2 fully saturated rings. The van der Waals surface area contributed by atoms with Gasteiger partial charge in [-0.2, -0.15) is 0 Å². The van der Waals surface area contributed by atoms with Crippen molar-refractivity contribution in [3.05, 3.63) is 0 Å². The number of carbonyl (C=O) groups excluding carboxylic acids is 3. The summed E-state index contributed by atoms with van der Waals surface area (Å²) in [6, 6.07) is 0. The van der Waals surface area contributed by atoms with E-state index in [2.05, 4.69) is 10.3 Å². The van der Waals surface area contributed by atoms with Crippen LogP contribution in [-0.2, 0) is 14.4 Å². The summed E-state index contributed by atoms with van der Waals surface area (Å²) in [7, 11) is 2.02. The van der Waals surface area contributed by atoms with Crippen LogP contribution in [0.4, 0.5) is 0 Å². The van der Waals surface area contributed by atoms with E-state index in [0.717, 1.165) is 19.5 Å². The van der Waals surface area contributed by atoms with Gasteiger partial charge in [0.1, 0.15) is 0 Å². The van der Waals surface area contributed by atoms with Gasteiger partial charge in [0.2, 0.25) is 6.41 Å². The highest BCUT2D eigenvalue weighted by atomic mass is 16.2. The molecule has 8 heteroatoms. The Labute approximate surface area is 118 Å². The minimum atomic E-state index is -0.589. The number of hydrogen-bond acceptors (Lipinski definition) is 5. The maximum atomic E-state index is 12.0. The van der Waals surface area contributed by atoms with Gasteiger partial charge in [0.25, 0.3) is 0 Å². The molecule has 0 aromatic carbocycles. The van der Waals surface area contributed by atoms with Crippen LogP contribution in [0.15, 0.2) is 0 Å². The summed E-state index contributed by atoms with van der Waals surface area (Å²) in [4.78, 5) is 39.8. The van der Waals surface area contributed by atoms with Crippen molar-refractivity contribution in [1.29, 1.82) is 0 Å². The molecule has 2 rings (SSSR count). The van der Waals surface area contributed by atoms with Gasteiger partial charge in [0, 0.05) is 52.4 Å². The van der Waals surface area contributed by atoms with Gasteiger partial charge in [-0.15, -0.1) is 0 Å². The van der Waals surface area contributed by atoms with Crippen LogP contribution in [0.25, 0.3) is 0 Å². The van der Waals surface area contributed by atoms with Crippen molar-refractivity contribution in [3.8, 4) is 0 Å². The second-order valence-corrected chi connectivity index (χ2v) is 5.16. The molecule has 0 aliphatic carbocycles. The number of hydrazine groups is 1. The predicted molar refractivity (Wildman–Crippen MR) is 71.4 cm³/mol. The van der Waals surface area contributed by atoms with Crippen LogP contribution in [0.1, 0.15) is 0 Å². The van der Waals surface area contributed by atoms with Crippen LogP contribution in [0.5, 0.6) is 0 Å². The molecule has 0 bridgehead atoms. The Balaban J connectivity index is 1.77. The highest BCUT2D eigenvalue weighted by Gasteiger charge is 2.27. The van der Waals surface area contributed by atoms with E-state index in [9.17, 15) is 14.4 Å². The number of nitrogens with one attached hydrogen (secondary N) is 1. The molecule has 0 radical (unpaired) electrons. The van der Waals surface area contributed by atoms with E-state index >= 15 is 0 Å². The molecular weight excluding hydrogens is 262 g/mol. The molecule has 20 heavy (non-hydrogen) atoms. The Morgan fingerprint density at radius 3 is 2.10 bits per heavy atom. The van der Waals surface area contributed by atoms with E-state index in [0.29, 0.717) is 39.3 Å². The van der Waals surface area contributed by atoms with Crippen molar-refractivity contribution in [2.24, 2.45) is 0 Å². The first-order valence-electron chi connectivity index (χ1n) is 6.83. The SMILES string of the molecule is CN1CCN(NC(=O)C(=O)N2CCN(C=O)CC2)CC1. The Kier molecular flexibility index (Phi) is 4.91. The van der Waals surface area contributed by atoms with Gasteiger partial charge in [-0.3, -0.25) is 19.8 Å². The number of amides is 3. The number of nitrogens with zero attached hydrogens (tertiary/aromatic N) is 4. The summed E-state index contributed by atoms with van der Waals surface area (Å²) < 4.78 is 0. The zero-order valence-corrected chi connectivity index (χ0v) is 11.7. The lowest BCUT2D eigenvalue weighted by molar-refractivity contribution is -0.150. The van der Waals surface area contributed by atoms with E-state index in [4.69, 9.17) is 0 Å². The van der Waals surface area contributed by atoms with Gasteiger partial charge in [0.15, 0.2) is 0 Å². The largest absolute Gasteiger partial charge is 0.342 e. The summed E-state index contributed by atoms with van der Waals surface area (Å²) in [5.41, 5.74) is 2.66. The van der Waals surface area contributed by atoms with Gasteiger partial charge >= 0.3 is 11.8 Å². The fourth-order valence-corrected chi connectivity index (χ4v) is 2.28. The Morgan fingerprint density at radius 1 is 0.950 bits per heavy atom. The zero-order valence-electron chi connectivity index (χ0n) is 11.7. The van der Waals surface area contributed by atoms with Gasteiger partial charge in [-0.05, 0) is 7.05 Å². The minimum absolute atomic E-state index is 0.410. The lowest BCUT2D eigenvalue weighted by Gasteiger charge is -2.34. The molecule has 0 spiro atoms. The second kappa shape index (κ2) is 6.67. The van der Waals surface area contributed by atoms with Crippen LogP contribution in [0.3, 0.4) is 0 Å². The first-order valence-corrected chi connectivity index (χ1v) is 6.83. The summed E-state index contributed by atoms with van der Waals surface area (Å²) >= 11 is 0. The summed E-state index contributed by atoms with van der Waals surface area (Å²) in [6.45, 7) is 4.96. The molecule has 2 aliphatic heterocycles. The maximum Gasteiger partial charge on any atom is 0.323 e. The van der Waals surface area contributed by atoms with Crippen molar-refractivity contribution < 1.29 is 14.4 Å². The molecule has 0 atom stereocenters. The van der Waals surface area contributed by atoms with Crippen LogP contribution in [0, 0.1) is 0 Å². The molecular formula is C12H21N5O3. The van der Waals surface area contributed by atoms with E-state index in [-0.39, 0.29) is 0 Å². The third-order valence-corrected chi connectivity index (χ3v) is 3.71. The van der Waals surface area contributed by atoms with Crippen molar-refractivity contribution in [2.45, 2.75) is 0 Å². The normalized spacial score (nSPS) is 21.6. The molecule has 0 aromatic rings. The number of rotatable bonds is 2. The van der Waals surface area contributed by atoms with Gasteiger partial charge in [-0.1, -0.05) is 0 Å². The first-order chi connectivity index (χ1) is 9.60. The Morgan fingerprint density at radius 2 is 1.55 bits per heavy atom. The van der Waals surface area contributed by atoms with Crippen LogP contribution >= 0.6 is 0 Å². The molecule has 2 heterocycles. The second-order valence-electron chi connectivity index (χ2n) is 5.16. The van der Waals surface area contributed by atoms with Gasteiger partial charge < -0.3 is 14.7 Å². The molecule has 8 nitrogen and oxygen atoms in total. The van der Waals surface area contributed by atoms with Gasteiger partial charge in [-0.25, -0.2) is 5.01 Å². The van der Waals surface area contributed by atoms with E-state index in [1.807, 2.05) is 7.05 Å². The van der Waals surface area contributed by atoms with Crippen molar-refractivity contribution >= 4 is 18.2 Å². The summed E-state index contributed by atoms with van der Waals surface area (Å²) in [5.74, 6) is -1.11. The van der Waals surface area contributed by atoms with E-state index in [1.165, 1.54) is 4.90 Å². The van der Waals surface area contributed by atoms with E-state index in [1.54, 1.807) is 9.91 Å². The fourth-order valence-electron chi connectivity index (χ4n) is 2.28. The lowest BCUT2D eigenvalue weighted by Crippen LogP contribution is -2.57. The first kappa shape index (κ1) is 14.7. The Hall–Kier alpha value is -1.67. The van der Waals surface area contributed by atoms with Crippen molar-refractivity contribution in [1.82, 2.24) is 25.1 Å². The molecule has 1 N–H and O–H groups in total. The number of piperazine rings is 2. The molecule has 2 saturated heterocycles. The highest BCUT2D eigenvalue weighted by molar-refractivity contribution is 6.34. The monoisotopic (exact) mass is 283 g/mol. The van der Waals surface area contributed by atoms with Crippen molar-refractivity contribution in [2.75, 3.05) is 59.4 Å². The predicted octanol–water partition coefficient (Wildman–Crippen LogP) is -2.43.